The standard InChI is InChI=1S/C14H22FNOS2/c1-9(16-10(2)14(8-17)19-4)11-5-6-13(18-3)12(15)7-11/h5-7,9-10,14,16-17H,8H2,1-4H3. The zero-order valence-corrected chi connectivity index (χ0v) is 13.4. The van der Waals surface area contributed by atoms with Crippen molar-refractivity contribution in [2.75, 3.05) is 19.1 Å². The molecule has 1 rings (SSSR count). The largest absolute Gasteiger partial charge is 0.395 e. The van der Waals surface area contributed by atoms with Crippen molar-refractivity contribution in [1.29, 1.82) is 0 Å². The van der Waals surface area contributed by atoms with Crippen LogP contribution in [-0.4, -0.2) is 35.5 Å². The monoisotopic (exact) mass is 303 g/mol. The number of nitrogens with one attached hydrogen (secondary N) is 1. The van der Waals surface area contributed by atoms with Crippen LogP contribution in [0.2, 0.25) is 0 Å². The number of benzene rings is 1. The zero-order chi connectivity index (χ0) is 14.4. The van der Waals surface area contributed by atoms with Crippen LogP contribution in [0, 0.1) is 5.82 Å². The summed E-state index contributed by atoms with van der Waals surface area (Å²) in [4.78, 5) is 0.668. The second-order valence-corrected chi connectivity index (χ2v) is 6.45. The Labute approximate surface area is 123 Å². The minimum atomic E-state index is -0.171. The normalized spacial score (nSPS) is 16.1. The van der Waals surface area contributed by atoms with Crippen molar-refractivity contribution in [2.45, 2.75) is 36.1 Å². The highest BCUT2D eigenvalue weighted by Crippen LogP contribution is 2.24. The Morgan fingerprint density at radius 2 is 2.00 bits per heavy atom. The predicted octanol–water partition coefficient (Wildman–Crippen LogP) is 3.31. The van der Waals surface area contributed by atoms with Gasteiger partial charge in [0, 0.05) is 22.2 Å². The highest BCUT2D eigenvalue weighted by Gasteiger charge is 2.18. The Morgan fingerprint density at radius 1 is 1.32 bits per heavy atom. The van der Waals surface area contributed by atoms with Gasteiger partial charge in [0.25, 0.3) is 0 Å². The topological polar surface area (TPSA) is 32.3 Å². The number of hydrogen-bond acceptors (Lipinski definition) is 4. The van der Waals surface area contributed by atoms with Crippen LogP contribution in [0.3, 0.4) is 0 Å². The summed E-state index contributed by atoms with van der Waals surface area (Å²) in [6.07, 6.45) is 3.85. The quantitative estimate of drug-likeness (QED) is 0.757. The van der Waals surface area contributed by atoms with E-state index in [4.69, 9.17) is 0 Å². The van der Waals surface area contributed by atoms with Gasteiger partial charge in [-0.25, -0.2) is 4.39 Å². The third-order valence-corrected chi connectivity index (χ3v) is 5.16. The first-order chi connectivity index (χ1) is 9.03. The molecule has 3 unspecified atom stereocenters. The molecule has 0 fully saturated rings. The smallest absolute Gasteiger partial charge is 0.137 e. The van der Waals surface area contributed by atoms with Crippen molar-refractivity contribution in [1.82, 2.24) is 5.32 Å². The van der Waals surface area contributed by atoms with Crippen molar-refractivity contribution < 1.29 is 9.50 Å². The Kier molecular flexibility index (Phi) is 7.21. The van der Waals surface area contributed by atoms with Crippen molar-refractivity contribution in [3.05, 3.63) is 29.6 Å². The first-order valence-corrected chi connectivity index (χ1v) is 8.77. The maximum atomic E-state index is 13.7. The Morgan fingerprint density at radius 3 is 2.47 bits per heavy atom. The van der Waals surface area contributed by atoms with Gasteiger partial charge in [-0.2, -0.15) is 11.8 Å². The van der Waals surface area contributed by atoms with Crippen molar-refractivity contribution in [2.24, 2.45) is 0 Å². The third-order valence-electron chi connectivity index (χ3n) is 3.23. The van der Waals surface area contributed by atoms with Crippen molar-refractivity contribution in [3.8, 4) is 0 Å². The summed E-state index contributed by atoms with van der Waals surface area (Å²) in [7, 11) is 0. The predicted molar refractivity (Wildman–Crippen MR) is 83.6 cm³/mol. The Bertz CT molecular complexity index is 399. The molecule has 0 amide bonds. The van der Waals surface area contributed by atoms with E-state index in [1.807, 2.05) is 38.5 Å². The summed E-state index contributed by atoms with van der Waals surface area (Å²) in [5.74, 6) is -0.171. The van der Waals surface area contributed by atoms with Crippen molar-refractivity contribution in [3.63, 3.8) is 0 Å². The summed E-state index contributed by atoms with van der Waals surface area (Å²) in [5, 5.41) is 12.8. The van der Waals surface area contributed by atoms with E-state index in [2.05, 4.69) is 5.32 Å². The van der Waals surface area contributed by atoms with Gasteiger partial charge in [0.05, 0.1) is 6.61 Å². The van der Waals surface area contributed by atoms with E-state index in [9.17, 15) is 9.50 Å². The van der Waals surface area contributed by atoms with Crippen LogP contribution in [0.5, 0.6) is 0 Å². The van der Waals surface area contributed by atoms with E-state index in [0.29, 0.717) is 4.90 Å². The van der Waals surface area contributed by atoms with Crippen molar-refractivity contribution >= 4 is 23.5 Å². The van der Waals surface area contributed by atoms with Crippen LogP contribution in [0.4, 0.5) is 4.39 Å². The fourth-order valence-corrected chi connectivity index (χ4v) is 3.08. The molecule has 2 nitrogen and oxygen atoms in total. The van der Waals surface area contributed by atoms with Gasteiger partial charge in [-0.05, 0) is 44.1 Å². The van der Waals surface area contributed by atoms with Gasteiger partial charge in [-0.15, -0.1) is 11.8 Å². The minimum Gasteiger partial charge on any atom is -0.395 e. The van der Waals surface area contributed by atoms with Crippen LogP contribution in [0.15, 0.2) is 23.1 Å². The molecule has 0 heterocycles. The second kappa shape index (κ2) is 8.15. The molecule has 108 valence electrons. The molecule has 5 heteroatoms. The molecule has 3 atom stereocenters. The van der Waals surface area contributed by atoms with E-state index in [-0.39, 0.29) is 29.8 Å². The van der Waals surface area contributed by atoms with Gasteiger partial charge in [0.15, 0.2) is 0 Å². The molecule has 19 heavy (non-hydrogen) atoms. The van der Waals surface area contributed by atoms with E-state index in [1.54, 1.807) is 17.8 Å². The zero-order valence-electron chi connectivity index (χ0n) is 11.8. The molecule has 0 radical (unpaired) electrons. The van der Waals surface area contributed by atoms with Crippen LogP contribution >= 0.6 is 23.5 Å². The minimum absolute atomic E-state index is 0.0570. The van der Waals surface area contributed by atoms with E-state index < -0.39 is 0 Å². The molecule has 0 aliphatic rings. The number of rotatable bonds is 7. The summed E-state index contributed by atoms with van der Waals surface area (Å²) >= 11 is 3.04. The molecule has 0 aliphatic carbocycles. The van der Waals surface area contributed by atoms with Gasteiger partial charge in [0.1, 0.15) is 5.82 Å². The molecule has 0 aromatic heterocycles. The number of thioether (sulfide) groups is 2. The molecular formula is C14H22FNOS2. The van der Waals surface area contributed by atoms with Crippen LogP contribution in [0.25, 0.3) is 0 Å². The molecule has 1 aromatic rings. The van der Waals surface area contributed by atoms with Gasteiger partial charge in [-0.3, -0.25) is 0 Å². The molecule has 2 N–H and O–H groups in total. The summed E-state index contributed by atoms with van der Waals surface area (Å²) in [6, 6.07) is 5.58. The fourth-order valence-electron chi connectivity index (χ4n) is 1.99. The van der Waals surface area contributed by atoms with Gasteiger partial charge in [-0.1, -0.05) is 6.07 Å². The Balaban J connectivity index is 2.72. The molecule has 0 saturated carbocycles. The van der Waals surface area contributed by atoms with Gasteiger partial charge in [0.2, 0.25) is 0 Å². The van der Waals surface area contributed by atoms with Gasteiger partial charge >= 0.3 is 0 Å². The molecule has 0 aliphatic heterocycles. The lowest BCUT2D eigenvalue weighted by molar-refractivity contribution is 0.271. The number of aliphatic hydroxyl groups is 1. The number of halogens is 1. The fraction of sp³-hybridized carbons (Fsp3) is 0.571. The maximum absolute atomic E-state index is 13.7. The van der Waals surface area contributed by atoms with Crippen LogP contribution in [-0.2, 0) is 0 Å². The molecule has 1 aromatic carbocycles. The van der Waals surface area contributed by atoms with E-state index >= 15 is 0 Å². The first kappa shape index (κ1) is 16.8. The highest BCUT2D eigenvalue weighted by atomic mass is 32.2. The molecule has 0 saturated heterocycles. The first-order valence-electron chi connectivity index (χ1n) is 6.26. The third kappa shape index (κ3) is 4.67. The average molecular weight is 303 g/mol. The summed E-state index contributed by atoms with van der Waals surface area (Å²) in [5.41, 5.74) is 0.931. The molecular weight excluding hydrogens is 281 g/mol. The molecule has 0 bridgehead atoms. The lowest BCUT2D eigenvalue weighted by atomic mass is 10.1. The van der Waals surface area contributed by atoms with Crippen LogP contribution in [0.1, 0.15) is 25.5 Å². The maximum Gasteiger partial charge on any atom is 0.137 e. The van der Waals surface area contributed by atoms with E-state index in [0.717, 1.165) is 5.56 Å². The highest BCUT2D eigenvalue weighted by molar-refractivity contribution is 7.99. The van der Waals surface area contributed by atoms with Crippen LogP contribution < -0.4 is 5.32 Å². The Hall–Kier alpha value is -0.230. The number of hydrogen-bond donors (Lipinski definition) is 2. The average Bonchev–Trinajstić information content (AvgIpc) is 2.39. The van der Waals surface area contributed by atoms with E-state index in [1.165, 1.54) is 11.8 Å². The SMILES string of the molecule is CSc1ccc(C(C)NC(C)C(CO)SC)cc1F. The van der Waals surface area contributed by atoms with Gasteiger partial charge < -0.3 is 10.4 Å². The second-order valence-electron chi connectivity index (χ2n) is 4.53. The summed E-state index contributed by atoms with van der Waals surface area (Å²) in [6.45, 7) is 4.20. The molecule has 0 spiro atoms. The lowest BCUT2D eigenvalue weighted by Crippen LogP contribution is -2.38. The lowest BCUT2D eigenvalue weighted by Gasteiger charge is -2.25. The number of aliphatic hydroxyl groups excluding tert-OH is 1. The summed E-state index contributed by atoms with van der Waals surface area (Å²) < 4.78 is 13.7.